The molecule has 144 valence electrons. The van der Waals surface area contributed by atoms with Crippen LogP contribution in [-0.4, -0.2) is 49.0 Å². The zero-order valence-electron chi connectivity index (χ0n) is 16.3. The number of likely N-dealkylation sites (tertiary alicyclic amines) is 1. The van der Waals surface area contributed by atoms with Gasteiger partial charge in [0.2, 0.25) is 0 Å². The fraction of sp³-hybridized carbons (Fsp3) is 0.500. The lowest BCUT2D eigenvalue weighted by molar-refractivity contribution is -0.00161. The Kier molecular flexibility index (Phi) is 8.16. The van der Waals surface area contributed by atoms with Crippen LogP contribution >= 0.6 is 0 Å². The molecule has 0 aromatic rings. The van der Waals surface area contributed by atoms with Crippen LogP contribution in [0.2, 0.25) is 0 Å². The molecule has 0 aromatic heterocycles. The molecule has 0 spiro atoms. The Balaban J connectivity index is 2.72. The average Bonchev–Trinajstić information content (AvgIpc) is 2.56. The number of ether oxygens (including phenoxy) is 2. The lowest BCUT2D eigenvalue weighted by Crippen LogP contribution is -2.45. The van der Waals surface area contributed by atoms with Crippen molar-refractivity contribution in [3.05, 3.63) is 48.4 Å². The number of nitrogens with zero attached hydrogens (tertiary/aromatic N) is 2. The molecule has 1 aliphatic rings. The second-order valence-corrected chi connectivity index (χ2v) is 7.09. The molecule has 1 unspecified atom stereocenters. The van der Waals surface area contributed by atoms with Gasteiger partial charge in [-0.25, -0.2) is 4.79 Å². The van der Waals surface area contributed by atoms with Crippen molar-refractivity contribution >= 4 is 12.3 Å². The van der Waals surface area contributed by atoms with Gasteiger partial charge in [-0.1, -0.05) is 19.2 Å². The van der Waals surface area contributed by atoms with E-state index in [2.05, 4.69) is 18.2 Å². The summed E-state index contributed by atoms with van der Waals surface area (Å²) in [6.07, 6.45) is 7.80. The van der Waals surface area contributed by atoms with Gasteiger partial charge >= 0.3 is 6.09 Å². The normalized spacial score (nSPS) is 19.4. The number of carbonyl (C=O) groups excluding carboxylic acids is 1. The van der Waals surface area contributed by atoms with Crippen molar-refractivity contribution < 1.29 is 14.3 Å². The molecular weight excluding hydrogens is 330 g/mol. The van der Waals surface area contributed by atoms with Gasteiger partial charge in [-0.3, -0.25) is 4.99 Å². The molecule has 1 saturated heterocycles. The van der Waals surface area contributed by atoms with E-state index in [9.17, 15) is 4.79 Å². The Hall–Kier alpha value is -2.50. The van der Waals surface area contributed by atoms with Crippen molar-refractivity contribution in [3.63, 3.8) is 0 Å². The summed E-state index contributed by atoms with van der Waals surface area (Å²) in [5, 5.41) is 0. The first kappa shape index (κ1) is 21.5. The number of allylic oxidation sites excluding steroid dienone is 4. The minimum atomic E-state index is -0.512. The SMILES string of the molecule is C=CC(=C\C(=C)OC1CCCN(C(=O)OC(C)(C)C)C1)/C(C=NC)=C/N. The first-order valence-electron chi connectivity index (χ1n) is 8.72. The summed E-state index contributed by atoms with van der Waals surface area (Å²) in [5.74, 6) is 0.486. The molecule has 1 aliphatic heterocycles. The first-order chi connectivity index (χ1) is 12.2. The predicted molar refractivity (Wildman–Crippen MR) is 106 cm³/mol. The van der Waals surface area contributed by atoms with Crippen molar-refractivity contribution in [2.75, 3.05) is 20.1 Å². The largest absolute Gasteiger partial charge is 0.489 e. The average molecular weight is 361 g/mol. The van der Waals surface area contributed by atoms with Crippen molar-refractivity contribution in [1.29, 1.82) is 0 Å². The van der Waals surface area contributed by atoms with E-state index >= 15 is 0 Å². The fourth-order valence-corrected chi connectivity index (χ4v) is 2.56. The first-order valence-corrected chi connectivity index (χ1v) is 8.72. The third-order valence-electron chi connectivity index (χ3n) is 3.67. The fourth-order valence-electron chi connectivity index (χ4n) is 2.56. The monoisotopic (exact) mass is 361 g/mol. The molecule has 0 aliphatic carbocycles. The third-order valence-corrected chi connectivity index (χ3v) is 3.67. The molecular formula is C20H31N3O3. The molecule has 0 radical (unpaired) electrons. The van der Waals surface area contributed by atoms with Crippen LogP contribution in [0.15, 0.2) is 53.4 Å². The summed E-state index contributed by atoms with van der Waals surface area (Å²) < 4.78 is 11.4. The van der Waals surface area contributed by atoms with Crippen LogP contribution in [0.1, 0.15) is 33.6 Å². The van der Waals surface area contributed by atoms with Crippen molar-refractivity contribution in [2.24, 2.45) is 10.7 Å². The van der Waals surface area contributed by atoms with Crippen LogP contribution in [0.4, 0.5) is 4.79 Å². The molecule has 1 amide bonds. The standard InChI is InChI=1S/C20H31N3O3/c1-7-16(17(12-21)13-22-6)11-15(2)25-18-9-8-10-23(14-18)19(24)26-20(3,4)5/h7,11-13,18H,1-2,8-10,14,21H2,3-6H3/b16-11+,17-12+,22-13?. The smallest absolute Gasteiger partial charge is 0.410 e. The summed E-state index contributed by atoms with van der Waals surface area (Å²) in [6, 6.07) is 0. The van der Waals surface area contributed by atoms with E-state index in [-0.39, 0.29) is 12.2 Å². The lowest BCUT2D eigenvalue weighted by atomic mass is 10.1. The van der Waals surface area contributed by atoms with Gasteiger partial charge < -0.3 is 20.1 Å². The zero-order chi connectivity index (χ0) is 19.7. The van der Waals surface area contributed by atoms with E-state index < -0.39 is 5.60 Å². The third kappa shape index (κ3) is 7.17. The van der Waals surface area contributed by atoms with E-state index in [0.717, 1.165) is 24.0 Å². The van der Waals surface area contributed by atoms with Crippen LogP contribution in [-0.2, 0) is 9.47 Å². The number of aliphatic imine (C=N–C) groups is 1. The topological polar surface area (TPSA) is 77.1 Å². The summed E-state index contributed by atoms with van der Waals surface area (Å²) in [5.41, 5.74) is 6.61. The number of carbonyl (C=O) groups is 1. The highest BCUT2D eigenvalue weighted by atomic mass is 16.6. The highest BCUT2D eigenvalue weighted by Crippen LogP contribution is 2.20. The van der Waals surface area contributed by atoms with Crippen LogP contribution in [0.3, 0.4) is 0 Å². The van der Waals surface area contributed by atoms with Gasteiger partial charge in [0.15, 0.2) is 0 Å². The highest BCUT2D eigenvalue weighted by molar-refractivity contribution is 5.85. The molecule has 0 aromatic carbocycles. The number of hydrogen-bond acceptors (Lipinski definition) is 5. The molecule has 1 heterocycles. The molecule has 6 nitrogen and oxygen atoms in total. The van der Waals surface area contributed by atoms with Crippen molar-refractivity contribution in [2.45, 2.75) is 45.3 Å². The summed E-state index contributed by atoms with van der Waals surface area (Å²) >= 11 is 0. The van der Waals surface area contributed by atoms with E-state index in [4.69, 9.17) is 15.2 Å². The Morgan fingerprint density at radius 1 is 1.35 bits per heavy atom. The van der Waals surface area contributed by atoms with Crippen LogP contribution in [0.25, 0.3) is 0 Å². The van der Waals surface area contributed by atoms with Gasteiger partial charge in [0.25, 0.3) is 0 Å². The van der Waals surface area contributed by atoms with Crippen molar-refractivity contribution in [1.82, 2.24) is 4.90 Å². The number of rotatable bonds is 6. The Morgan fingerprint density at radius 3 is 2.58 bits per heavy atom. The zero-order valence-corrected chi connectivity index (χ0v) is 16.3. The Morgan fingerprint density at radius 2 is 2.04 bits per heavy atom. The van der Waals surface area contributed by atoms with E-state index in [1.807, 2.05) is 20.8 Å². The summed E-state index contributed by atoms with van der Waals surface area (Å²) in [4.78, 5) is 17.9. The van der Waals surface area contributed by atoms with E-state index in [0.29, 0.717) is 18.8 Å². The lowest BCUT2D eigenvalue weighted by Gasteiger charge is -2.34. The number of hydrogen-bond donors (Lipinski definition) is 1. The minimum Gasteiger partial charge on any atom is -0.489 e. The maximum atomic E-state index is 12.2. The summed E-state index contributed by atoms with van der Waals surface area (Å²) in [6.45, 7) is 14.4. The Bertz CT molecular complexity index is 612. The van der Waals surface area contributed by atoms with Crippen LogP contribution in [0.5, 0.6) is 0 Å². The van der Waals surface area contributed by atoms with Crippen molar-refractivity contribution in [3.8, 4) is 0 Å². The molecule has 2 N–H and O–H groups in total. The summed E-state index contributed by atoms with van der Waals surface area (Å²) in [7, 11) is 1.67. The number of amides is 1. The maximum absolute atomic E-state index is 12.2. The maximum Gasteiger partial charge on any atom is 0.410 e. The molecule has 1 rings (SSSR count). The number of piperidine rings is 1. The minimum absolute atomic E-state index is 0.128. The van der Waals surface area contributed by atoms with Gasteiger partial charge in [-0.2, -0.15) is 0 Å². The molecule has 6 heteroatoms. The molecule has 0 saturated carbocycles. The second-order valence-electron chi connectivity index (χ2n) is 7.09. The van der Waals surface area contributed by atoms with E-state index in [1.54, 1.807) is 30.3 Å². The van der Waals surface area contributed by atoms with Gasteiger partial charge in [0, 0.05) is 31.6 Å². The number of nitrogens with two attached hydrogens (primary N) is 1. The highest BCUT2D eigenvalue weighted by Gasteiger charge is 2.28. The molecule has 1 atom stereocenters. The quantitative estimate of drug-likeness (QED) is 0.446. The predicted octanol–water partition coefficient (Wildman–Crippen LogP) is 3.57. The Labute approximate surface area is 156 Å². The van der Waals surface area contributed by atoms with Gasteiger partial charge in [0.1, 0.15) is 17.5 Å². The van der Waals surface area contributed by atoms with E-state index in [1.165, 1.54) is 6.20 Å². The second kappa shape index (κ2) is 9.85. The molecule has 26 heavy (non-hydrogen) atoms. The van der Waals surface area contributed by atoms with Gasteiger partial charge in [0.05, 0.1) is 6.54 Å². The van der Waals surface area contributed by atoms with Gasteiger partial charge in [-0.05, 0) is 45.3 Å². The van der Waals surface area contributed by atoms with Crippen LogP contribution in [0, 0.1) is 0 Å². The molecule has 1 fully saturated rings. The van der Waals surface area contributed by atoms with Gasteiger partial charge in [-0.15, -0.1) is 0 Å². The van der Waals surface area contributed by atoms with Crippen LogP contribution < -0.4 is 5.73 Å². The molecule has 0 bridgehead atoms.